The normalized spacial score (nSPS) is 10.6. The van der Waals surface area contributed by atoms with Gasteiger partial charge >= 0.3 is 0 Å². The number of hydrogen-bond acceptors (Lipinski definition) is 0. The number of benzene rings is 1. The van der Waals surface area contributed by atoms with Crippen LogP contribution in [0.25, 0.3) is 5.73 Å². The second kappa shape index (κ2) is 4.63. The minimum atomic E-state index is 0. The van der Waals surface area contributed by atoms with Gasteiger partial charge in [-0.25, -0.2) is 0 Å². The van der Waals surface area contributed by atoms with E-state index in [1.54, 1.807) is 6.07 Å². The molecule has 0 saturated heterocycles. The Balaban J connectivity index is 0.00000121. The third-order valence-corrected chi connectivity index (χ3v) is 1.73. The Labute approximate surface area is 110 Å². The molecule has 0 spiro atoms. The van der Waals surface area contributed by atoms with Crippen molar-refractivity contribution in [3.8, 4) is 0 Å². The second-order valence-corrected chi connectivity index (χ2v) is 3.83. The molecule has 0 heterocycles. The van der Waals surface area contributed by atoms with Crippen LogP contribution in [0.3, 0.4) is 0 Å². The summed E-state index contributed by atoms with van der Waals surface area (Å²) in [5.74, 6) is 0. The summed E-state index contributed by atoms with van der Waals surface area (Å²) >= 11 is 0. The molecule has 12 heavy (non-hydrogen) atoms. The summed E-state index contributed by atoms with van der Waals surface area (Å²) in [6.07, 6.45) is 0. The summed E-state index contributed by atoms with van der Waals surface area (Å²) in [6.45, 7) is 6.46. The Morgan fingerprint density at radius 1 is 1.17 bits per heavy atom. The fraction of sp³-hybridized carbons (Fsp3) is 0.400. The molecule has 0 aliphatic rings. The van der Waals surface area contributed by atoms with Crippen LogP contribution in [0.5, 0.6) is 0 Å². The molecule has 0 atom stereocenters. The van der Waals surface area contributed by atoms with Crippen LogP contribution in [0.15, 0.2) is 24.3 Å². The zero-order chi connectivity index (χ0) is 8.48. The Morgan fingerprint density at radius 2 is 1.75 bits per heavy atom. The Kier molecular flexibility index (Phi) is 4.81. The van der Waals surface area contributed by atoms with E-state index in [9.17, 15) is 0 Å². The molecule has 1 radical (unpaired) electrons. The number of nitrogens with one attached hydrogen (secondary N) is 1. The number of hydrogen-bond donors (Lipinski definition) is 0. The van der Waals surface area contributed by atoms with E-state index in [0.717, 1.165) is 0 Å². The Morgan fingerprint density at radius 3 is 2.08 bits per heavy atom. The quantitative estimate of drug-likeness (QED) is 0.661. The summed E-state index contributed by atoms with van der Waals surface area (Å²) in [7, 11) is 0. The fourth-order valence-corrected chi connectivity index (χ4v) is 0.986. The summed E-state index contributed by atoms with van der Waals surface area (Å²) < 4.78 is 0. The zero-order valence-corrected chi connectivity index (χ0v) is 12.6. The topological polar surface area (TPSA) is 23.8 Å². The number of rotatable bonds is 0. The first-order chi connectivity index (χ1) is 5.00. The van der Waals surface area contributed by atoms with E-state index in [4.69, 9.17) is 5.73 Å². The molecule has 0 saturated carbocycles. The average molecular weight is 375 g/mol. The molecule has 63 valence electrons. The van der Waals surface area contributed by atoms with Gasteiger partial charge in [-0.1, -0.05) is 45.0 Å². The Bertz CT molecular complexity index is 250. The van der Waals surface area contributed by atoms with Crippen molar-refractivity contribution < 1.29 is 44.1 Å². The summed E-state index contributed by atoms with van der Waals surface area (Å²) in [5.41, 5.74) is 9.40. The monoisotopic (exact) mass is 375 g/mol. The SMILES string of the molecule is CC(C)(C)c1cccc([NH-])c1.[Ac]. The minimum absolute atomic E-state index is 0. The van der Waals surface area contributed by atoms with E-state index in [0.29, 0.717) is 5.69 Å². The fourth-order valence-electron chi connectivity index (χ4n) is 0.986. The first-order valence-corrected chi connectivity index (χ1v) is 3.82. The zero-order valence-electron chi connectivity index (χ0n) is 7.89. The predicted molar refractivity (Wildman–Crippen MR) is 49.1 cm³/mol. The van der Waals surface area contributed by atoms with E-state index < -0.39 is 0 Å². The van der Waals surface area contributed by atoms with Crippen molar-refractivity contribution in [3.63, 3.8) is 0 Å². The van der Waals surface area contributed by atoms with Crippen LogP contribution in [0.4, 0.5) is 5.69 Å². The van der Waals surface area contributed by atoms with Gasteiger partial charge < -0.3 is 5.73 Å². The second-order valence-electron chi connectivity index (χ2n) is 3.83. The molecule has 1 rings (SSSR count). The van der Waals surface area contributed by atoms with Gasteiger partial charge in [0.1, 0.15) is 0 Å². The molecule has 1 nitrogen and oxygen atoms in total. The van der Waals surface area contributed by atoms with Crippen LogP contribution < -0.4 is 0 Å². The van der Waals surface area contributed by atoms with Crippen molar-refractivity contribution in [2.75, 3.05) is 0 Å². The molecule has 0 aliphatic heterocycles. The molecule has 2 heteroatoms. The van der Waals surface area contributed by atoms with Crippen molar-refractivity contribution in [2.24, 2.45) is 0 Å². The molecule has 1 N–H and O–H groups in total. The van der Waals surface area contributed by atoms with E-state index >= 15 is 0 Å². The Hall–Kier alpha value is 0.462. The maximum absolute atomic E-state index is 7.42. The minimum Gasteiger partial charge on any atom is -0.699 e. The molecule has 0 unspecified atom stereocenters. The summed E-state index contributed by atoms with van der Waals surface area (Å²) in [6, 6.07) is 7.72. The first-order valence-electron chi connectivity index (χ1n) is 3.82. The van der Waals surface area contributed by atoms with Gasteiger partial charge in [0.2, 0.25) is 0 Å². The van der Waals surface area contributed by atoms with E-state index in [2.05, 4.69) is 26.8 Å². The third kappa shape index (κ3) is 3.46. The van der Waals surface area contributed by atoms with Crippen LogP contribution in [0, 0.1) is 44.1 Å². The van der Waals surface area contributed by atoms with Crippen molar-refractivity contribution in [2.45, 2.75) is 26.2 Å². The van der Waals surface area contributed by atoms with E-state index in [1.165, 1.54) is 5.56 Å². The van der Waals surface area contributed by atoms with Gasteiger partial charge in [0, 0.05) is 44.1 Å². The third-order valence-electron chi connectivity index (χ3n) is 1.73. The molecular weight excluding hydrogens is 361 g/mol. The molecule has 0 aliphatic carbocycles. The van der Waals surface area contributed by atoms with Crippen molar-refractivity contribution in [1.29, 1.82) is 0 Å². The van der Waals surface area contributed by atoms with E-state index in [1.807, 2.05) is 12.1 Å². The van der Waals surface area contributed by atoms with Crippen LogP contribution in [0.1, 0.15) is 26.3 Å². The van der Waals surface area contributed by atoms with Crippen molar-refractivity contribution >= 4 is 5.69 Å². The van der Waals surface area contributed by atoms with Gasteiger partial charge in [-0.3, -0.25) is 0 Å². The summed E-state index contributed by atoms with van der Waals surface area (Å²) in [4.78, 5) is 0. The summed E-state index contributed by atoms with van der Waals surface area (Å²) in [5, 5.41) is 0. The van der Waals surface area contributed by atoms with Gasteiger partial charge in [-0.2, -0.15) is 0 Å². The predicted octanol–water partition coefficient (Wildman–Crippen LogP) is 3.67. The molecule has 0 amide bonds. The molecule has 0 fully saturated rings. The standard InChI is InChI=1S/C10H14N.Ac/c1-10(2,3)8-5-4-6-9(11)7-8;/h4-7,11H,1-3H3;/q-1;. The van der Waals surface area contributed by atoms with Crippen molar-refractivity contribution in [3.05, 3.63) is 35.6 Å². The van der Waals surface area contributed by atoms with Gasteiger partial charge in [0.25, 0.3) is 0 Å². The van der Waals surface area contributed by atoms with Gasteiger partial charge in [-0.15, -0.1) is 5.69 Å². The van der Waals surface area contributed by atoms with Crippen LogP contribution in [0.2, 0.25) is 0 Å². The maximum Gasteiger partial charge on any atom is 0 e. The van der Waals surface area contributed by atoms with Crippen LogP contribution >= 0.6 is 0 Å². The smallest absolute Gasteiger partial charge is 0 e. The maximum atomic E-state index is 7.42. The van der Waals surface area contributed by atoms with Crippen LogP contribution in [-0.4, -0.2) is 0 Å². The van der Waals surface area contributed by atoms with Gasteiger partial charge in [-0.05, 0) is 11.0 Å². The largest absolute Gasteiger partial charge is 0.699 e. The molecule has 1 aromatic rings. The van der Waals surface area contributed by atoms with Gasteiger partial charge in [0.05, 0.1) is 0 Å². The molecule has 1 aromatic carbocycles. The van der Waals surface area contributed by atoms with Crippen molar-refractivity contribution in [1.82, 2.24) is 0 Å². The molecular formula is C10H14AcN-. The molecule has 0 aromatic heterocycles. The first kappa shape index (κ1) is 12.5. The van der Waals surface area contributed by atoms with E-state index in [-0.39, 0.29) is 49.5 Å². The average Bonchev–Trinajstić information content (AvgIpc) is 1.86. The van der Waals surface area contributed by atoms with Crippen LogP contribution in [-0.2, 0) is 5.41 Å². The van der Waals surface area contributed by atoms with Gasteiger partial charge in [0.15, 0.2) is 0 Å². The molecule has 0 bridgehead atoms.